The fraction of sp³-hybridized carbons (Fsp3) is 0.167. The minimum absolute atomic E-state index is 0.0598. The zero-order valence-corrected chi connectivity index (χ0v) is 16.5. The third kappa shape index (κ3) is 3.62. The van der Waals surface area contributed by atoms with E-state index in [0.29, 0.717) is 10.6 Å². The van der Waals surface area contributed by atoms with Gasteiger partial charge in [-0.25, -0.2) is 4.79 Å². The standard InChI is InChI=1S/C18H14Cl2N4O5/c1-18(12-5-4-11(19)7-13(12)20)16(26)23(17(27)22-18)8-10-3-2-9(15(21)25)6-14(10)24(28)29/h2-7H,8H2,1H3,(H2,21,25)(H,22,27). The molecule has 9 nitrogen and oxygen atoms in total. The first-order valence-electron chi connectivity index (χ1n) is 8.21. The first-order valence-corrected chi connectivity index (χ1v) is 8.97. The van der Waals surface area contributed by atoms with Crippen molar-refractivity contribution in [3.8, 4) is 0 Å². The molecule has 2 aromatic rings. The molecule has 1 aliphatic rings. The SMILES string of the molecule is CC1(c2ccc(Cl)cc2Cl)NC(=O)N(Cc2ccc(C(N)=O)cc2[N+](=O)[O-])C1=O. The molecule has 1 unspecified atom stereocenters. The second-order valence-corrected chi connectivity index (χ2v) is 7.38. The number of rotatable bonds is 5. The molecule has 29 heavy (non-hydrogen) atoms. The molecule has 3 N–H and O–H groups in total. The van der Waals surface area contributed by atoms with E-state index in [-0.39, 0.29) is 22.7 Å². The van der Waals surface area contributed by atoms with Crippen LogP contribution in [0.2, 0.25) is 10.0 Å². The average Bonchev–Trinajstić information content (AvgIpc) is 2.85. The molecule has 11 heteroatoms. The lowest BCUT2D eigenvalue weighted by atomic mass is 9.92. The van der Waals surface area contributed by atoms with Gasteiger partial charge in [0.25, 0.3) is 11.6 Å². The van der Waals surface area contributed by atoms with Crippen LogP contribution in [0.1, 0.15) is 28.4 Å². The molecular formula is C18H14Cl2N4O5. The van der Waals surface area contributed by atoms with Gasteiger partial charge < -0.3 is 11.1 Å². The molecule has 1 atom stereocenters. The molecule has 1 saturated heterocycles. The monoisotopic (exact) mass is 436 g/mol. The van der Waals surface area contributed by atoms with E-state index in [1.807, 2.05) is 0 Å². The fourth-order valence-electron chi connectivity index (χ4n) is 3.11. The number of benzene rings is 2. The Labute approximate surface area is 174 Å². The molecule has 1 aliphatic heterocycles. The van der Waals surface area contributed by atoms with Crippen LogP contribution in [0.4, 0.5) is 10.5 Å². The summed E-state index contributed by atoms with van der Waals surface area (Å²) in [5.74, 6) is -1.47. The summed E-state index contributed by atoms with van der Waals surface area (Å²) in [6.07, 6.45) is 0. The van der Waals surface area contributed by atoms with Crippen LogP contribution in [-0.2, 0) is 16.9 Å². The molecule has 0 aliphatic carbocycles. The minimum atomic E-state index is -1.47. The molecule has 0 aromatic heterocycles. The first kappa shape index (κ1) is 20.6. The van der Waals surface area contributed by atoms with Gasteiger partial charge in [-0.2, -0.15) is 0 Å². The van der Waals surface area contributed by atoms with E-state index in [9.17, 15) is 24.5 Å². The molecule has 1 fully saturated rings. The zero-order chi connectivity index (χ0) is 21.5. The number of hydrogen-bond donors (Lipinski definition) is 2. The van der Waals surface area contributed by atoms with E-state index in [1.54, 1.807) is 0 Å². The first-order chi connectivity index (χ1) is 13.5. The highest BCUT2D eigenvalue weighted by molar-refractivity contribution is 6.35. The number of imide groups is 1. The van der Waals surface area contributed by atoms with Crippen LogP contribution >= 0.6 is 23.2 Å². The third-order valence-corrected chi connectivity index (χ3v) is 5.19. The Hall–Kier alpha value is -3.17. The van der Waals surface area contributed by atoms with Crippen LogP contribution in [0.3, 0.4) is 0 Å². The molecule has 4 amide bonds. The number of halogens is 2. The summed E-state index contributed by atoms with van der Waals surface area (Å²) in [6.45, 7) is 1.10. The van der Waals surface area contributed by atoms with Gasteiger partial charge in [0, 0.05) is 32.8 Å². The number of nitro benzene ring substituents is 1. The highest BCUT2D eigenvalue weighted by Crippen LogP contribution is 2.36. The number of carbonyl (C=O) groups excluding carboxylic acids is 3. The molecule has 2 aromatic carbocycles. The van der Waals surface area contributed by atoms with Crippen LogP contribution in [0.25, 0.3) is 0 Å². The van der Waals surface area contributed by atoms with Gasteiger partial charge >= 0.3 is 6.03 Å². The van der Waals surface area contributed by atoms with E-state index in [1.165, 1.54) is 37.3 Å². The normalized spacial score (nSPS) is 18.7. The van der Waals surface area contributed by atoms with Gasteiger partial charge in [-0.3, -0.25) is 24.6 Å². The summed E-state index contributed by atoms with van der Waals surface area (Å²) in [4.78, 5) is 48.3. The van der Waals surface area contributed by atoms with Gasteiger partial charge in [0.2, 0.25) is 5.91 Å². The number of carbonyl (C=O) groups is 3. The van der Waals surface area contributed by atoms with Crippen molar-refractivity contribution in [1.82, 2.24) is 10.2 Å². The molecule has 0 bridgehead atoms. The van der Waals surface area contributed by atoms with Crippen molar-refractivity contribution in [2.45, 2.75) is 19.0 Å². The zero-order valence-electron chi connectivity index (χ0n) is 14.9. The molecule has 0 saturated carbocycles. The van der Waals surface area contributed by atoms with Gasteiger partial charge in [-0.1, -0.05) is 29.3 Å². The maximum absolute atomic E-state index is 13.0. The van der Waals surface area contributed by atoms with Crippen LogP contribution in [0, 0.1) is 10.1 Å². The van der Waals surface area contributed by atoms with Crippen LogP contribution in [-0.4, -0.2) is 27.7 Å². The number of amides is 4. The molecule has 0 spiro atoms. The smallest absolute Gasteiger partial charge is 0.325 e. The van der Waals surface area contributed by atoms with Gasteiger partial charge in [0.05, 0.1) is 11.5 Å². The maximum atomic E-state index is 13.0. The highest BCUT2D eigenvalue weighted by Gasteiger charge is 2.50. The van der Waals surface area contributed by atoms with E-state index in [2.05, 4.69) is 5.32 Å². The van der Waals surface area contributed by atoms with Gasteiger partial charge in [-0.15, -0.1) is 0 Å². The van der Waals surface area contributed by atoms with Gasteiger partial charge in [-0.05, 0) is 31.2 Å². The minimum Gasteiger partial charge on any atom is -0.366 e. The molecule has 0 radical (unpaired) electrons. The number of nitrogens with one attached hydrogen (secondary N) is 1. The van der Waals surface area contributed by atoms with Crippen molar-refractivity contribution in [2.75, 3.05) is 0 Å². The van der Waals surface area contributed by atoms with Gasteiger partial charge in [0.1, 0.15) is 5.54 Å². The van der Waals surface area contributed by atoms with Crippen molar-refractivity contribution in [1.29, 1.82) is 0 Å². The lowest BCUT2D eigenvalue weighted by molar-refractivity contribution is -0.385. The maximum Gasteiger partial charge on any atom is 0.325 e. The van der Waals surface area contributed by atoms with Crippen LogP contribution < -0.4 is 11.1 Å². The Morgan fingerprint density at radius 1 is 1.24 bits per heavy atom. The van der Waals surface area contributed by atoms with E-state index >= 15 is 0 Å². The Morgan fingerprint density at radius 2 is 1.93 bits per heavy atom. The van der Waals surface area contributed by atoms with Crippen molar-refractivity contribution >= 4 is 46.7 Å². The summed E-state index contributed by atoms with van der Waals surface area (Å²) in [6, 6.07) is 7.34. The van der Waals surface area contributed by atoms with E-state index in [4.69, 9.17) is 28.9 Å². The average molecular weight is 437 g/mol. The summed E-state index contributed by atoms with van der Waals surface area (Å²) in [5.41, 5.74) is 3.59. The van der Waals surface area contributed by atoms with E-state index in [0.717, 1.165) is 11.0 Å². The van der Waals surface area contributed by atoms with Crippen molar-refractivity contribution in [3.05, 3.63) is 73.2 Å². The van der Waals surface area contributed by atoms with E-state index < -0.39 is 34.0 Å². The molecule has 150 valence electrons. The molecule has 3 rings (SSSR count). The molecule has 1 heterocycles. The Balaban J connectivity index is 1.97. The number of nitrogens with two attached hydrogens (primary N) is 1. The largest absolute Gasteiger partial charge is 0.366 e. The summed E-state index contributed by atoms with van der Waals surface area (Å²) < 4.78 is 0. The van der Waals surface area contributed by atoms with Crippen molar-refractivity contribution in [2.24, 2.45) is 5.73 Å². The Bertz CT molecular complexity index is 1070. The van der Waals surface area contributed by atoms with Gasteiger partial charge in [0.15, 0.2) is 0 Å². The predicted molar refractivity (Wildman–Crippen MR) is 105 cm³/mol. The number of urea groups is 1. The van der Waals surface area contributed by atoms with Crippen LogP contribution in [0.5, 0.6) is 0 Å². The quantitative estimate of drug-likeness (QED) is 0.421. The predicted octanol–water partition coefficient (Wildman–Crippen LogP) is 2.97. The summed E-state index contributed by atoms with van der Waals surface area (Å²) >= 11 is 12.1. The second-order valence-electron chi connectivity index (χ2n) is 6.54. The summed E-state index contributed by atoms with van der Waals surface area (Å²) in [5, 5.41) is 14.5. The lowest BCUT2D eigenvalue weighted by Crippen LogP contribution is -2.41. The topological polar surface area (TPSA) is 136 Å². The Morgan fingerprint density at radius 3 is 2.52 bits per heavy atom. The fourth-order valence-corrected chi connectivity index (χ4v) is 3.71. The second kappa shape index (κ2) is 7.34. The number of nitrogens with zero attached hydrogens (tertiary/aromatic N) is 2. The van der Waals surface area contributed by atoms with Crippen molar-refractivity contribution < 1.29 is 19.3 Å². The molecular weight excluding hydrogens is 423 g/mol. The van der Waals surface area contributed by atoms with Crippen LogP contribution in [0.15, 0.2) is 36.4 Å². The lowest BCUT2D eigenvalue weighted by Gasteiger charge is -2.23. The Kier molecular flexibility index (Phi) is 5.20. The number of primary amides is 1. The van der Waals surface area contributed by atoms with Crippen molar-refractivity contribution in [3.63, 3.8) is 0 Å². The number of hydrogen-bond acceptors (Lipinski definition) is 5. The summed E-state index contributed by atoms with van der Waals surface area (Å²) in [7, 11) is 0. The third-order valence-electron chi connectivity index (χ3n) is 4.64. The number of nitro groups is 1. The highest BCUT2D eigenvalue weighted by atomic mass is 35.5.